The Morgan fingerprint density at radius 1 is 1.11 bits per heavy atom. The Bertz CT molecular complexity index is 825. The van der Waals surface area contributed by atoms with Gasteiger partial charge >= 0.3 is 0 Å². The first-order valence-electron chi connectivity index (χ1n) is 9.53. The van der Waals surface area contributed by atoms with Gasteiger partial charge < -0.3 is 19.5 Å². The quantitative estimate of drug-likeness (QED) is 0.750. The molecular weight excluding hydrogens is 386 g/mol. The van der Waals surface area contributed by atoms with Crippen LogP contribution in [-0.4, -0.2) is 69.1 Å². The number of rotatable bonds is 5. The molecule has 3 heterocycles. The van der Waals surface area contributed by atoms with Crippen LogP contribution in [0.15, 0.2) is 18.2 Å². The lowest BCUT2D eigenvalue weighted by molar-refractivity contribution is -0.126. The highest BCUT2D eigenvalue weighted by molar-refractivity contribution is 7.86. The molecule has 10 heteroatoms. The van der Waals surface area contributed by atoms with Gasteiger partial charge in [-0.25, -0.2) is 0 Å². The van der Waals surface area contributed by atoms with Crippen molar-refractivity contribution in [1.82, 2.24) is 13.9 Å². The van der Waals surface area contributed by atoms with Crippen molar-refractivity contribution in [1.29, 1.82) is 0 Å². The van der Waals surface area contributed by atoms with E-state index in [9.17, 15) is 13.2 Å². The fourth-order valence-electron chi connectivity index (χ4n) is 3.69. The molecule has 1 aromatic carbocycles. The van der Waals surface area contributed by atoms with Crippen molar-refractivity contribution in [3.63, 3.8) is 0 Å². The van der Waals surface area contributed by atoms with Gasteiger partial charge in [-0.2, -0.15) is 17.0 Å². The second kappa shape index (κ2) is 8.24. The van der Waals surface area contributed by atoms with Crippen LogP contribution >= 0.6 is 0 Å². The van der Waals surface area contributed by atoms with E-state index in [1.54, 1.807) is 0 Å². The SMILES string of the molecule is O=C(NCc1ccc2c(c1)OCO2)[C@@H]1CCCN(S(=O)(=O)N2CCOCC2)C1. The number of hydrogen-bond donors (Lipinski definition) is 1. The van der Waals surface area contributed by atoms with Crippen molar-refractivity contribution >= 4 is 16.1 Å². The fourth-order valence-corrected chi connectivity index (χ4v) is 5.36. The predicted molar refractivity (Wildman–Crippen MR) is 100 cm³/mol. The molecule has 0 aromatic heterocycles. The average Bonchev–Trinajstić information content (AvgIpc) is 3.20. The van der Waals surface area contributed by atoms with Crippen LogP contribution in [0.1, 0.15) is 18.4 Å². The highest BCUT2D eigenvalue weighted by Crippen LogP contribution is 2.32. The Labute approximate surface area is 164 Å². The molecule has 0 aliphatic carbocycles. The number of morpholine rings is 1. The zero-order valence-corrected chi connectivity index (χ0v) is 16.4. The van der Waals surface area contributed by atoms with E-state index in [0.29, 0.717) is 63.7 Å². The van der Waals surface area contributed by atoms with Crippen molar-refractivity contribution in [3.8, 4) is 11.5 Å². The molecule has 154 valence electrons. The minimum atomic E-state index is -3.55. The zero-order valence-electron chi connectivity index (χ0n) is 15.6. The van der Waals surface area contributed by atoms with E-state index in [2.05, 4.69) is 5.32 Å². The number of fused-ring (bicyclic) bond motifs is 1. The number of piperidine rings is 1. The van der Waals surface area contributed by atoms with E-state index in [-0.39, 0.29) is 25.2 Å². The maximum absolute atomic E-state index is 12.8. The Balaban J connectivity index is 1.34. The van der Waals surface area contributed by atoms with Gasteiger partial charge in [-0.1, -0.05) is 6.07 Å². The van der Waals surface area contributed by atoms with Gasteiger partial charge in [-0.15, -0.1) is 0 Å². The van der Waals surface area contributed by atoms with Gasteiger partial charge in [0, 0.05) is 32.7 Å². The van der Waals surface area contributed by atoms with Crippen molar-refractivity contribution in [2.24, 2.45) is 5.92 Å². The summed E-state index contributed by atoms with van der Waals surface area (Å²) in [5.41, 5.74) is 0.909. The van der Waals surface area contributed by atoms with Crippen LogP contribution in [0.25, 0.3) is 0 Å². The van der Waals surface area contributed by atoms with Gasteiger partial charge in [0.15, 0.2) is 11.5 Å². The van der Waals surface area contributed by atoms with E-state index < -0.39 is 10.2 Å². The summed E-state index contributed by atoms with van der Waals surface area (Å²) in [6.07, 6.45) is 1.35. The number of benzene rings is 1. The highest BCUT2D eigenvalue weighted by atomic mass is 32.2. The van der Waals surface area contributed by atoms with Crippen molar-refractivity contribution < 1.29 is 27.4 Å². The molecule has 2 saturated heterocycles. The van der Waals surface area contributed by atoms with E-state index >= 15 is 0 Å². The number of ether oxygens (including phenoxy) is 3. The molecule has 28 heavy (non-hydrogen) atoms. The Morgan fingerprint density at radius 2 is 1.89 bits per heavy atom. The van der Waals surface area contributed by atoms with Crippen LogP contribution in [-0.2, 0) is 26.3 Å². The topological polar surface area (TPSA) is 97.4 Å². The van der Waals surface area contributed by atoms with Crippen LogP contribution in [0.3, 0.4) is 0 Å². The fraction of sp³-hybridized carbons (Fsp3) is 0.611. The molecule has 4 rings (SSSR count). The maximum Gasteiger partial charge on any atom is 0.282 e. The van der Waals surface area contributed by atoms with Crippen molar-refractivity contribution in [2.45, 2.75) is 19.4 Å². The summed E-state index contributed by atoms with van der Waals surface area (Å²) in [6.45, 7) is 2.78. The summed E-state index contributed by atoms with van der Waals surface area (Å²) in [4.78, 5) is 12.6. The number of carbonyl (C=O) groups excluding carboxylic acids is 1. The van der Waals surface area contributed by atoms with Crippen LogP contribution in [0, 0.1) is 5.92 Å². The van der Waals surface area contributed by atoms with Crippen LogP contribution in [0.5, 0.6) is 11.5 Å². The molecule has 9 nitrogen and oxygen atoms in total. The Hall–Kier alpha value is -1.88. The predicted octanol–water partition coefficient (Wildman–Crippen LogP) is 0.321. The minimum absolute atomic E-state index is 0.125. The van der Waals surface area contributed by atoms with E-state index in [1.807, 2.05) is 18.2 Å². The summed E-state index contributed by atoms with van der Waals surface area (Å²) in [5, 5.41) is 2.92. The first-order valence-corrected chi connectivity index (χ1v) is 10.9. The molecule has 3 aliphatic rings. The molecular formula is C18H25N3O6S. The third-order valence-corrected chi connectivity index (χ3v) is 7.28. The molecule has 0 radical (unpaired) electrons. The Kier molecular flexibility index (Phi) is 5.72. The zero-order chi connectivity index (χ0) is 19.6. The molecule has 0 bridgehead atoms. The lowest BCUT2D eigenvalue weighted by Gasteiger charge is -2.36. The van der Waals surface area contributed by atoms with Gasteiger partial charge in [-0.3, -0.25) is 4.79 Å². The average molecular weight is 411 g/mol. The molecule has 1 amide bonds. The van der Waals surface area contributed by atoms with Crippen molar-refractivity contribution in [3.05, 3.63) is 23.8 Å². The smallest absolute Gasteiger partial charge is 0.282 e. The third-order valence-electron chi connectivity index (χ3n) is 5.28. The van der Waals surface area contributed by atoms with Crippen LogP contribution < -0.4 is 14.8 Å². The van der Waals surface area contributed by atoms with E-state index in [1.165, 1.54) is 8.61 Å². The highest BCUT2D eigenvalue weighted by Gasteiger charge is 2.36. The number of nitrogens with one attached hydrogen (secondary N) is 1. The summed E-state index contributed by atoms with van der Waals surface area (Å²) >= 11 is 0. The molecule has 0 saturated carbocycles. The molecule has 0 unspecified atom stereocenters. The van der Waals surface area contributed by atoms with Gasteiger partial charge in [0.25, 0.3) is 10.2 Å². The number of carbonyl (C=O) groups is 1. The summed E-state index contributed by atoms with van der Waals surface area (Å²) in [6, 6.07) is 5.55. The second-order valence-corrected chi connectivity index (χ2v) is 9.05. The first-order chi connectivity index (χ1) is 13.5. The van der Waals surface area contributed by atoms with Gasteiger partial charge in [0.05, 0.1) is 19.1 Å². The monoisotopic (exact) mass is 411 g/mol. The normalized spacial score (nSPS) is 23.5. The number of amides is 1. The first kappa shape index (κ1) is 19.4. The third kappa shape index (κ3) is 4.09. The molecule has 2 fully saturated rings. The van der Waals surface area contributed by atoms with E-state index in [4.69, 9.17) is 14.2 Å². The summed E-state index contributed by atoms with van der Waals surface area (Å²) < 4.78 is 44.4. The second-order valence-electron chi connectivity index (χ2n) is 7.12. The van der Waals surface area contributed by atoms with E-state index in [0.717, 1.165) is 5.56 Å². The Morgan fingerprint density at radius 3 is 2.71 bits per heavy atom. The number of hydrogen-bond acceptors (Lipinski definition) is 6. The number of nitrogens with zero attached hydrogens (tertiary/aromatic N) is 2. The van der Waals surface area contributed by atoms with Gasteiger partial charge in [0.1, 0.15) is 0 Å². The molecule has 3 aliphatic heterocycles. The molecule has 0 spiro atoms. The molecule has 1 N–H and O–H groups in total. The maximum atomic E-state index is 12.8. The van der Waals surface area contributed by atoms with Crippen molar-refractivity contribution in [2.75, 3.05) is 46.2 Å². The largest absolute Gasteiger partial charge is 0.454 e. The van der Waals surface area contributed by atoms with Crippen LogP contribution in [0.4, 0.5) is 0 Å². The van der Waals surface area contributed by atoms with Gasteiger partial charge in [0.2, 0.25) is 12.7 Å². The summed E-state index contributed by atoms with van der Waals surface area (Å²) in [5.74, 6) is 0.900. The molecule has 1 atom stereocenters. The van der Waals surface area contributed by atoms with Crippen LogP contribution in [0.2, 0.25) is 0 Å². The minimum Gasteiger partial charge on any atom is -0.454 e. The molecule has 1 aromatic rings. The standard InChI is InChI=1S/C18H25N3O6S/c22-18(19-11-14-3-4-16-17(10-14)27-13-26-16)15-2-1-5-21(12-15)28(23,24)20-6-8-25-9-7-20/h3-4,10,15H,1-2,5-9,11-13H2,(H,19,22)/t15-/m1/s1. The summed E-state index contributed by atoms with van der Waals surface area (Å²) in [7, 11) is -3.55. The lowest BCUT2D eigenvalue weighted by atomic mass is 9.98. The lowest BCUT2D eigenvalue weighted by Crippen LogP contribution is -2.52. The van der Waals surface area contributed by atoms with Gasteiger partial charge in [-0.05, 0) is 30.5 Å².